The maximum Gasteiger partial charge on any atom is 0.163 e. The Balaban J connectivity index is 1.08. The summed E-state index contributed by atoms with van der Waals surface area (Å²) in [5.41, 5.74) is 4.34. The highest BCUT2D eigenvalue weighted by Gasteiger charge is 2.19. The number of nitrogens with one attached hydrogen (secondary N) is 1. The molecule has 6 heteroatoms. The van der Waals surface area contributed by atoms with Crippen LogP contribution in [-0.4, -0.2) is 55.8 Å². The van der Waals surface area contributed by atoms with Crippen molar-refractivity contribution >= 4 is 16.6 Å². The second-order valence-corrected chi connectivity index (χ2v) is 8.30. The predicted octanol–water partition coefficient (Wildman–Crippen LogP) is 3.96. The van der Waals surface area contributed by atoms with Crippen LogP contribution in [0.25, 0.3) is 10.9 Å². The van der Waals surface area contributed by atoms with Crippen molar-refractivity contribution in [3.63, 3.8) is 0 Å². The first kappa shape index (κ1) is 19.8. The molecule has 1 N–H and O–H groups in total. The van der Waals surface area contributed by atoms with Gasteiger partial charge in [0.05, 0.1) is 11.6 Å². The van der Waals surface area contributed by atoms with E-state index < -0.39 is 0 Å². The Hall–Kier alpha value is -3.17. The average Bonchev–Trinajstić information content (AvgIpc) is 3.24. The first-order valence-electron chi connectivity index (χ1n) is 11.2. The van der Waals surface area contributed by atoms with Crippen LogP contribution in [0.15, 0.2) is 42.6 Å². The molecule has 1 saturated heterocycles. The van der Waals surface area contributed by atoms with Gasteiger partial charge in [-0.15, -0.1) is 0 Å². The van der Waals surface area contributed by atoms with Crippen molar-refractivity contribution in [1.82, 2.24) is 9.88 Å². The minimum atomic E-state index is 0.629. The molecule has 0 spiro atoms. The lowest BCUT2D eigenvalue weighted by Crippen LogP contribution is -2.46. The van der Waals surface area contributed by atoms with Crippen molar-refractivity contribution in [1.29, 1.82) is 5.26 Å². The molecule has 2 aliphatic rings. The highest BCUT2D eigenvalue weighted by molar-refractivity contribution is 5.84. The number of H-pyrrole nitrogens is 1. The smallest absolute Gasteiger partial charge is 0.163 e. The second-order valence-electron chi connectivity index (χ2n) is 8.30. The van der Waals surface area contributed by atoms with Crippen LogP contribution in [0.5, 0.6) is 11.5 Å². The van der Waals surface area contributed by atoms with Gasteiger partial charge in [0.2, 0.25) is 0 Å². The van der Waals surface area contributed by atoms with Gasteiger partial charge in [0.25, 0.3) is 0 Å². The first-order chi connectivity index (χ1) is 15.3. The third kappa shape index (κ3) is 4.33. The van der Waals surface area contributed by atoms with Crippen molar-refractivity contribution < 1.29 is 9.47 Å². The van der Waals surface area contributed by atoms with Gasteiger partial charge in [0.1, 0.15) is 13.2 Å². The van der Waals surface area contributed by atoms with Crippen molar-refractivity contribution in [2.24, 2.45) is 0 Å². The largest absolute Gasteiger partial charge is 0.486 e. The number of aromatic nitrogens is 1. The minimum absolute atomic E-state index is 0.629. The van der Waals surface area contributed by atoms with E-state index in [2.05, 4.69) is 45.2 Å². The molecule has 1 fully saturated rings. The number of fused-ring (bicyclic) bond motifs is 2. The van der Waals surface area contributed by atoms with Gasteiger partial charge in [0, 0.05) is 55.0 Å². The second kappa shape index (κ2) is 8.91. The molecule has 31 heavy (non-hydrogen) atoms. The van der Waals surface area contributed by atoms with Crippen LogP contribution in [0, 0.1) is 11.3 Å². The number of benzene rings is 2. The lowest BCUT2D eigenvalue weighted by molar-refractivity contribution is 0.171. The molecule has 0 bridgehead atoms. The summed E-state index contributed by atoms with van der Waals surface area (Å²) in [6, 6.07) is 14.4. The van der Waals surface area contributed by atoms with Crippen LogP contribution in [0.1, 0.15) is 24.0 Å². The Morgan fingerprint density at radius 3 is 2.61 bits per heavy atom. The summed E-state index contributed by atoms with van der Waals surface area (Å²) in [5.74, 6) is 1.72. The maximum atomic E-state index is 9.05. The molecular formula is C25H28N4O2. The van der Waals surface area contributed by atoms with Gasteiger partial charge >= 0.3 is 0 Å². The molecule has 6 nitrogen and oxygen atoms in total. The van der Waals surface area contributed by atoms with E-state index in [1.54, 1.807) is 0 Å². The van der Waals surface area contributed by atoms with Crippen LogP contribution in [0.3, 0.4) is 0 Å². The van der Waals surface area contributed by atoms with E-state index in [-0.39, 0.29) is 0 Å². The molecule has 0 amide bonds. The molecule has 0 radical (unpaired) electrons. The van der Waals surface area contributed by atoms with E-state index in [0.717, 1.165) is 56.2 Å². The number of hydrogen-bond donors (Lipinski definition) is 1. The Morgan fingerprint density at radius 1 is 0.935 bits per heavy atom. The van der Waals surface area contributed by atoms with Crippen molar-refractivity contribution in [2.75, 3.05) is 50.8 Å². The molecule has 3 aromatic rings. The molecule has 2 aliphatic heterocycles. The normalized spacial score (nSPS) is 16.4. The summed E-state index contributed by atoms with van der Waals surface area (Å²) in [6.07, 6.45) is 5.54. The average molecular weight is 417 g/mol. The fourth-order valence-corrected chi connectivity index (χ4v) is 4.57. The van der Waals surface area contributed by atoms with Crippen LogP contribution < -0.4 is 14.4 Å². The van der Waals surface area contributed by atoms with E-state index in [4.69, 9.17) is 14.7 Å². The summed E-state index contributed by atoms with van der Waals surface area (Å²) in [5, 5.41) is 10.3. The van der Waals surface area contributed by atoms with Gasteiger partial charge in [-0.3, -0.25) is 4.90 Å². The van der Waals surface area contributed by atoms with Gasteiger partial charge in [-0.05, 0) is 55.6 Å². The van der Waals surface area contributed by atoms with Crippen LogP contribution in [-0.2, 0) is 6.42 Å². The molecule has 1 aromatic heterocycles. The lowest BCUT2D eigenvalue weighted by atomic mass is 10.1. The van der Waals surface area contributed by atoms with Gasteiger partial charge in [-0.2, -0.15) is 5.26 Å². The summed E-state index contributed by atoms with van der Waals surface area (Å²) in [6.45, 7) is 6.69. The minimum Gasteiger partial charge on any atom is -0.486 e. The highest BCUT2D eigenvalue weighted by atomic mass is 16.6. The summed E-state index contributed by atoms with van der Waals surface area (Å²) in [7, 11) is 0. The van der Waals surface area contributed by atoms with Crippen LogP contribution in [0.4, 0.5) is 5.69 Å². The fraction of sp³-hybridized carbons (Fsp3) is 0.400. The van der Waals surface area contributed by atoms with Crippen molar-refractivity contribution in [2.45, 2.75) is 19.3 Å². The number of aromatic amines is 1. The Morgan fingerprint density at radius 2 is 1.77 bits per heavy atom. The van der Waals surface area contributed by atoms with Gasteiger partial charge in [-0.1, -0.05) is 6.07 Å². The van der Waals surface area contributed by atoms with E-state index in [9.17, 15) is 0 Å². The summed E-state index contributed by atoms with van der Waals surface area (Å²) >= 11 is 0. The fourth-order valence-electron chi connectivity index (χ4n) is 4.57. The van der Waals surface area contributed by atoms with Crippen LogP contribution >= 0.6 is 0 Å². The molecule has 0 saturated carbocycles. The van der Waals surface area contributed by atoms with E-state index in [1.807, 2.05) is 18.2 Å². The Bertz CT molecular complexity index is 1090. The quantitative estimate of drug-likeness (QED) is 0.617. The standard InChI is InChI=1S/C25H28N4O2/c26-17-19-4-6-22-20(18-27-23(22)15-19)3-1-2-8-28-9-11-29(12-10-28)21-5-7-24-25(16-21)31-14-13-30-24/h4-7,15-16,18,27H,1-3,8-14H2. The number of rotatable bonds is 6. The van der Waals surface area contributed by atoms with Gasteiger partial charge < -0.3 is 19.4 Å². The molecule has 0 unspecified atom stereocenters. The van der Waals surface area contributed by atoms with Gasteiger partial charge in [-0.25, -0.2) is 0 Å². The van der Waals surface area contributed by atoms with Gasteiger partial charge in [0.15, 0.2) is 11.5 Å². The number of aryl methyl sites for hydroxylation is 1. The summed E-state index contributed by atoms with van der Waals surface area (Å²) in [4.78, 5) is 8.32. The van der Waals surface area contributed by atoms with E-state index in [1.165, 1.54) is 29.5 Å². The molecule has 0 atom stereocenters. The van der Waals surface area contributed by atoms with E-state index in [0.29, 0.717) is 18.8 Å². The van der Waals surface area contributed by atoms with E-state index >= 15 is 0 Å². The number of nitrogens with zero attached hydrogens (tertiary/aromatic N) is 3. The Kier molecular flexibility index (Phi) is 5.68. The summed E-state index contributed by atoms with van der Waals surface area (Å²) < 4.78 is 11.4. The predicted molar refractivity (Wildman–Crippen MR) is 122 cm³/mol. The SMILES string of the molecule is N#Cc1ccc2c(CCCCN3CCN(c4ccc5c(c4)OCCO5)CC3)c[nH]c2c1. The zero-order chi connectivity index (χ0) is 21.0. The van der Waals surface area contributed by atoms with Crippen molar-refractivity contribution in [3.05, 3.63) is 53.7 Å². The number of ether oxygens (including phenoxy) is 2. The first-order valence-corrected chi connectivity index (χ1v) is 11.2. The molecule has 0 aliphatic carbocycles. The Labute approximate surface area is 183 Å². The number of nitriles is 1. The zero-order valence-corrected chi connectivity index (χ0v) is 17.8. The zero-order valence-electron chi connectivity index (χ0n) is 17.8. The molecular weight excluding hydrogens is 388 g/mol. The highest BCUT2D eigenvalue weighted by Crippen LogP contribution is 2.34. The number of hydrogen-bond acceptors (Lipinski definition) is 5. The number of anilines is 1. The molecule has 5 rings (SSSR count). The van der Waals surface area contributed by atoms with Crippen molar-refractivity contribution in [3.8, 4) is 17.6 Å². The lowest BCUT2D eigenvalue weighted by Gasteiger charge is -2.36. The van der Waals surface area contributed by atoms with Crippen LogP contribution in [0.2, 0.25) is 0 Å². The molecule has 160 valence electrons. The molecule has 2 aromatic carbocycles. The maximum absolute atomic E-state index is 9.05. The number of unbranched alkanes of at least 4 members (excludes halogenated alkanes) is 1. The topological polar surface area (TPSA) is 64.5 Å². The number of piperazine rings is 1. The third-order valence-corrected chi connectivity index (χ3v) is 6.33. The monoisotopic (exact) mass is 416 g/mol. The molecule has 3 heterocycles. The third-order valence-electron chi connectivity index (χ3n) is 6.33.